The van der Waals surface area contributed by atoms with Crippen LogP contribution in [0, 0.1) is 6.92 Å². The van der Waals surface area contributed by atoms with Gasteiger partial charge in [-0.2, -0.15) is 0 Å². The molecule has 0 unspecified atom stereocenters. The van der Waals surface area contributed by atoms with Gasteiger partial charge in [0.1, 0.15) is 5.75 Å². The molecule has 1 aliphatic rings. The average Bonchev–Trinajstić information content (AvgIpc) is 3.09. The molecule has 2 heterocycles. The van der Waals surface area contributed by atoms with Crippen molar-refractivity contribution in [2.24, 2.45) is 0 Å². The second-order valence-electron chi connectivity index (χ2n) is 7.50. The minimum Gasteiger partial charge on any atom is -0.491 e. The fourth-order valence-electron chi connectivity index (χ4n) is 3.70. The number of nitrogen functional groups attached to an aromatic ring is 1. The number of rotatable bonds is 4. The molecule has 0 saturated carbocycles. The zero-order chi connectivity index (χ0) is 20.5. The lowest BCUT2D eigenvalue weighted by molar-refractivity contribution is 0.0979. The molecule has 2 aromatic carbocycles. The molecule has 2 N–H and O–H groups in total. The third kappa shape index (κ3) is 3.55. The Balaban J connectivity index is 1.63. The smallest absolute Gasteiger partial charge is 0.280 e. The van der Waals surface area contributed by atoms with Crippen molar-refractivity contribution in [2.45, 2.75) is 39.7 Å². The lowest BCUT2D eigenvalue weighted by Gasteiger charge is -2.29. The van der Waals surface area contributed by atoms with E-state index in [0.29, 0.717) is 17.9 Å². The van der Waals surface area contributed by atoms with Gasteiger partial charge in [-0.15, -0.1) is 5.10 Å². The summed E-state index contributed by atoms with van der Waals surface area (Å²) >= 11 is 0. The van der Waals surface area contributed by atoms with Crippen LogP contribution in [0.2, 0.25) is 0 Å². The van der Waals surface area contributed by atoms with Crippen molar-refractivity contribution in [2.75, 3.05) is 17.2 Å². The fraction of sp³-hybridized carbons (Fsp3) is 0.318. The Morgan fingerprint density at radius 3 is 2.66 bits per heavy atom. The first-order chi connectivity index (χ1) is 14.0. The van der Waals surface area contributed by atoms with E-state index < -0.39 is 0 Å². The summed E-state index contributed by atoms with van der Waals surface area (Å²) in [6.07, 6.45) is 1.86. The number of hydrogen-bond acceptors (Lipinski definition) is 5. The maximum Gasteiger partial charge on any atom is 0.280 e. The molecule has 150 valence electrons. The van der Waals surface area contributed by atoms with Gasteiger partial charge in [0.25, 0.3) is 5.91 Å². The minimum atomic E-state index is -0.153. The standard InChI is InChI=1S/C22H25N5O2/c1-14(2)29-17-11-9-16(10-12-17)27-15(3)21(24-25-27)22(28)26-13-5-6-18-19(23)7-4-8-20(18)26/h4,7-12,14H,5-6,13,23H2,1-3H3. The monoisotopic (exact) mass is 391 g/mol. The van der Waals surface area contributed by atoms with Crippen LogP contribution in [0.3, 0.4) is 0 Å². The van der Waals surface area contributed by atoms with E-state index in [2.05, 4.69) is 10.3 Å². The van der Waals surface area contributed by atoms with Gasteiger partial charge in [-0.25, -0.2) is 4.68 Å². The predicted molar refractivity (Wildman–Crippen MR) is 113 cm³/mol. The number of fused-ring (bicyclic) bond motifs is 1. The lowest BCUT2D eigenvalue weighted by atomic mass is 9.99. The Kier molecular flexibility index (Phi) is 4.96. The van der Waals surface area contributed by atoms with Crippen molar-refractivity contribution in [3.63, 3.8) is 0 Å². The second kappa shape index (κ2) is 7.58. The van der Waals surface area contributed by atoms with Crippen molar-refractivity contribution >= 4 is 17.3 Å². The van der Waals surface area contributed by atoms with Crippen molar-refractivity contribution < 1.29 is 9.53 Å². The highest BCUT2D eigenvalue weighted by Gasteiger charge is 2.28. The van der Waals surface area contributed by atoms with E-state index in [1.807, 2.05) is 63.2 Å². The van der Waals surface area contributed by atoms with Gasteiger partial charge in [-0.1, -0.05) is 11.3 Å². The number of benzene rings is 2. The maximum absolute atomic E-state index is 13.3. The number of carbonyl (C=O) groups is 1. The van der Waals surface area contributed by atoms with E-state index in [9.17, 15) is 4.79 Å². The van der Waals surface area contributed by atoms with Crippen LogP contribution < -0.4 is 15.4 Å². The molecule has 1 aromatic heterocycles. The predicted octanol–water partition coefficient (Wildman–Crippen LogP) is 3.54. The number of amides is 1. The van der Waals surface area contributed by atoms with Gasteiger partial charge in [0.05, 0.1) is 17.5 Å². The van der Waals surface area contributed by atoms with Crippen molar-refractivity contribution in [3.8, 4) is 11.4 Å². The van der Waals surface area contributed by atoms with Crippen LogP contribution in [0.15, 0.2) is 42.5 Å². The molecule has 7 nitrogen and oxygen atoms in total. The van der Waals surface area contributed by atoms with E-state index in [1.165, 1.54) is 0 Å². The third-order valence-corrected chi connectivity index (χ3v) is 5.08. The first-order valence-corrected chi connectivity index (χ1v) is 9.84. The summed E-state index contributed by atoms with van der Waals surface area (Å²) in [5, 5.41) is 8.41. The van der Waals surface area contributed by atoms with Crippen LogP contribution in [0.4, 0.5) is 11.4 Å². The van der Waals surface area contributed by atoms with E-state index in [4.69, 9.17) is 10.5 Å². The summed E-state index contributed by atoms with van der Waals surface area (Å²) in [4.78, 5) is 15.0. The number of nitrogens with zero attached hydrogens (tertiary/aromatic N) is 4. The molecule has 4 rings (SSSR count). The van der Waals surface area contributed by atoms with Gasteiger partial charge in [0.15, 0.2) is 5.69 Å². The summed E-state index contributed by atoms with van der Waals surface area (Å²) in [6.45, 7) is 6.47. The minimum absolute atomic E-state index is 0.111. The van der Waals surface area contributed by atoms with Crippen molar-refractivity contribution in [3.05, 3.63) is 59.4 Å². The Morgan fingerprint density at radius 1 is 1.17 bits per heavy atom. The molecular formula is C22H25N5O2. The molecule has 0 spiro atoms. The van der Waals surface area contributed by atoms with Gasteiger partial charge >= 0.3 is 0 Å². The van der Waals surface area contributed by atoms with Crippen LogP contribution >= 0.6 is 0 Å². The number of ether oxygens (including phenoxy) is 1. The lowest BCUT2D eigenvalue weighted by Crippen LogP contribution is -2.36. The van der Waals surface area contributed by atoms with Crippen LogP contribution in [-0.2, 0) is 6.42 Å². The van der Waals surface area contributed by atoms with Crippen molar-refractivity contribution in [1.82, 2.24) is 15.0 Å². The molecule has 0 aliphatic carbocycles. The van der Waals surface area contributed by atoms with Crippen LogP contribution in [-0.4, -0.2) is 33.5 Å². The Hall–Kier alpha value is -3.35. The second-order valence-corrected chi connectivity index (χ2v) is 7.50. The number of hydrogen-bond donors (Lipinski definition) is 1. The topological polar surface area (TPSA) is 86.3 Å². The average molecular weight is 391 g/mol. The van der Waals surface area contributed by atoms with E-state index in [-0.39, 0.29) is 12.0 Å². The first kappa shape index (κ1) is 19.0. The van der Waals surface area contributed by atoms with Crippen LogP contribution in [0.1, 0.15) is 42.0 Å². The normalized spacial score (nSPS) is 13.4. The van der Waals surface area contributed by atoms with Crippen LogP contribution in [0.5, 0.6) is 5.75 Å². The fourth-order valence-corrected chi connectivity index (χ4v) is 3.70. The van der Waals surface area contributed by atoms with Gasteiger partial charge in [0, 0.05) is 17.9 Å². The molecule has 1 aliphatic heterocycles. The highest BCUT2D eigenvalue weighted by Crippen LogP contribution is 2.32. The molecule has 3 aromatic rings. The maximum atomic E-state index is 13.3. The van der Waals surface area contributed by atoms with E-state index in [0.717, 1.165) is 41.2 Å². The number of anilines is 2. The highest BCUT2D eigenvalue weighted by atomic mass is 16.5. The Labute approximate surface area is 170 Å². The third-order valence-electron chi connectivity index (χ3n) is 5.08. The van der Waals surface area contributed by atoms with Gasteiger partial charge in [0.2, 0.25) is 0 Å². The zero-order valence-electron chi connectivity index (χ0n) is 16.9. The zero-order valence-corrected chi connectivity index (χ0v) is 16.9. The molecule has 0 atom stereocenters. The number of nitrogens with two attached hydrogens (primary N) is 1. The summed E-state index contributed by atoms with van der Waals surface area (Å²) < 4.78 is 7.36. The SMILES string of the molecule is Cc1c(C(=O)N2CCCc3c(N)cccc32)nnn1-c1ccc(OC(C)C)cc1. The molecule has 0 radical (unpaired) electrons. The van der Waals surface area contributed by atoms with Gasteiger partial charge in [-0.3, -0.25) is 4.79 Å². The van der Waals surface area contributed by atoms with Gasteiger partial charge in [-0.05, 0) is 75.6 Å². The number of aromatic nitrogens is 3. The highest BCUT2D eigenvalue weighted by molar-refractivity contribution is 6.06. The molecular weight excluding hydrogens is 366 g/mol. The Morgan fingerprint density at radius 2 is 1.93 bits per heavy atom. The molecule has 0 saturated heterocycles. The summed E-state index contributed by atoms with van der Waals surface area (Å²) in [5.41, 5.74) is 10.6. The van der Waals surface area contributed by atoms with Gasteiger partial charge < -0.3 is 15.4 Å². The molecule has 29 heavy (non-hydrogen) atoms. The van der Waals surface area contributed by atoms with Crippen LogP contribution in [0.25, 0.3) is 5.69 Å². The largest absolute Gasteiger partial charge is 0.491 e. The summed E-state index contributed by atoms with van der Waals surface area (Å²) in [6, 6.07) is 13.3. The quantitative estimate of drug-likeness (QED) is 0.688. The first-order valence-electron chi connectivity index (χ1n) is 9.84. The molecule has 0 bridgehead atoms. The number of carbonyl (C=O) groups excluding carboxylic acids is 1. The van der Waals surface area contributed by atoms with E-state index >= 15 is 0 Å². The molecule has 7 heteroatoms. The summed E-state index contributed by atoms with van der Waals surface area (Å²) in [5.74, 6) is 0.639. The summed E-state index contributed by atoms with van der Waals surface area (Å²) in [7, 11) is 0. The Bertz CT molecular complexity index is 1040. The van der Waals surface area contributed by atoms with Crippen molar-refractivity contribution in [1.29, 1.82) is 0 Å². The molecule has 1 amide bonds. The van der Waals surface area contributed by atoms with E-state index in [1.54, 1.807) is 9.58 Å². The molecule has 0 fully saturated rings.